The lowest BCUT2D eigenvalue weighted by molar-refractivity contribution is -0.119. The van der Waals surface area contributed by atoms with E-state index in [1.807, 2.05) is 25.1 Å². The fourth-order valence-electron chi connectivity index (χ4n) is 3.98. The zero-order valence-corrected chi connectivity index (χ0v) is 20.4. The summed E-state index contributed by atoms with van der Waals surface area (Å²) in [6.07, 6.45) is 0. The molecule has 1 aliphatic rings. The Balaban J connectivity index is 1.61. The molecule has 178 valence electrons. The third-order valence-corrected chi connectivity index (χ3v) is 6.94. The molecule has 2 heterocycles. The number of nitrogens with zero attached hydrogens (tertiary/aromatic N) is 4. The van der Waals surface area contributed by atoms with Crippen LogP contribution in [0.3, 0.4) is 0 Å². The summed E-state index contributed by atoms with van der Waals surface area (Å²) in [7, 11) is 0. The largest absolute Gasteiger partial charge is 0.494 e. The smallest absolute Gasteiger partial charge is 0.262 e. The molecule has 3 aromatic rings. The average Bonchev–Trinajstić information content (AvgIpc) is 3.36. The molecule has 0 unspecified atom stereocenters. The number of fused-ring (bicyclic) bond motifs is 2. The van der Waals surface area contributed by atoms with Gasteiger partial charge in [0.2, 0.25) is 5.91 Å². The maximum Gasteiger partial charge on any atom is 0.262 e. The zero-order chi connectivity index (χ0) is 24.2. The number of hydrogen-bond donors (Lipinski definition) is 0. The van der Waals surface area contributed by atoms with E-state index in [1.54, 1.807) is 29.2 Å². The van der Waals surface area contributed by atoms with E-state index in [2.05, 4.69) is 23.7 Å². The predicted molar refractivity (Wildman–Crippen MR) is 133 cm³/mol. The van der Waals surface area contributed by atoms with Crippen molar-refractivity contribution in [3.63, 3.8) is 0 Å². The Hall–Kier alpha value is -3.30. The highest BCUT2D eigenvalue weighted by atomic mass is 32.1. The normalized spacial score (nSPS) is 13.1. The Labute approximate surface area is 202 Å². The van der Waals surface area contributed by atoms with Crippen LogP contribution in [0.4, 0.5) is 5.13 Å². The molecule has 1 aliphatic heterocycles. The van der Waals surface area contributed by atoms with Crippen LogP contribution >= 0.6 is 11.3 Å². The number of ether oxygens (including phenoxy) is 1. The summed E-state index contributed by atoms with van der Waals surface area (Å²) < 4.78 is 6.50. The predicted octanol–water partition coefficient (Wildman–Crippen LogP) is 3.67. The number of likely N-dealkylation sites (N-methyl/N-ethyl adjacent to an activating group) is 1. The number of carbonyl (C=O) groups is 3. The minimum absolute atomic E-state index is 0.329. The van der Waals surface area contributed by atoms with Crippen LogP contribution in [0, 0.1) is 0 Å². The third-order valence-electron chi connectivity index (χ3n) is 5.90. The molecule has 0 aliphatic carbocycles. The van der Waals surface area contributed by atoms with Gasteiger partial charge in [-0.2, -0.15) is 0 Å². The first-order chi connectivity index (χ1) is 16.5. The van der Waals surface area contributed by atoms with Gasteiger partial charge < -0.3 is 9.64 Å². The molecule has 0 spiro atoms. The summed E-state index contributed by atoms with van der Waals surface area (Å²) in [6.45, 7) is 9.07. The second-order valence-corrected chi connectivity index (χ2v) is 8.88. The van der Waals surface area contributed by atoms with Crippen molar-refractivity contribution in [2.45, 2.75) is 20.8 Å². The number of anilines is 1. The summed E-state index contributed by atoms with van der Waals surface area (Å²) in [5.41, 5.74) is 1.43. The van der Waals surface area contributed by atoms with Crippen molar-refractivity contribution in [3.8, 4) is 5.75 Å². The van der Waals surface area contributed by atoms with E-state index in [4.69, 9.17) is 4.74 Å². The Morgan fingerprint density at radius 2 is 1.68 bits per heavy atom. The van der Waals surface area contributed by atoms with Gasteiger partial charge in [-0.15, -0.1) is 0 Å². The number of imide groups is 1. The number of thiazole rings is 1. The maximum absolute atomic E-state index is 13.5. The van der Waals surface area contributed by atoms with Gasteiger partial charge in [0.25, 0.3) is 11.8 Å². The second kappa shape index (κ2) is 10.3. The quantitative estimate of drug-likeness (QED) is 0.412. The minimum atomic E-state index is -0.441. The summed E-state index contributed by atoms with van der Waals surface area (Å²) >= 11 is 1.39. The van der Waals surface area contributed by atoms with Crippen LogP contribution < -0.4 is 9.64 Å². The molecule has 0 atom stereocenters. The van der Waals surface area contributed by atoms with E-state index in [0.717, 1.165) is 34.0 Å². The summed E-state index contributed by atoms with van der Waals surface area (Å²) in [5.74, 6) is -0.477. The van der Waals surface area contributed by atoms with Crippen molar-refractivity contribution < 1.29 is 19.1 Å². The first kappa shape index (κ1) is 23.8. The van der Waals surface area contributed by atoms with E-state index < -0.39 is 11.8 Å². The van der Waals surface area contributed by atoms with Crippen molar-refractivity contribution in [2.24, 2.45) is 0 Å². The van der Waals surface area contributed by atoms with Crippen molar-refractivity contribution in [1.82, 2.24) is 14.8 Å². The molecule has 0 N–H and O–H groups in total. The van der Waals surface area contributed by atoms with Crippen LogP contribution in [0.1, 0.15) is 41.5 Å². The molecular formula is C25H28N4O4S. The van der Waals surface area contributed by atoms with Crippen LogP contribution in [0.15, 0.2) is 42.5 Å². The Kier molecular flexibility index (Phi) is 7.23. The van der Waals surface area contributed by atoms with Gasteiger partial charge in [-0.25, -0.2) is 4.98 Å². The van der Waals surface area contributed by atoms with Crippen LogP contribution in [0.25, 0.3) is 10.2 Å². The molecule has 8 nitrogen and oxygen atoms in total. The zero-order valence-electron chi connectivity index (χ0n) is 19.6. The van der Waals surface area contributed by atoms with Crippen molar-refractivity contribution in [3.05, 3.63) is 53.6 Å². The molecule has 0 radical (unpaired) electrons. The van der Waals surface area contributed by atoms with E-state index in [-0.39, 0.29) is 12.5 Å². The van der Waals surface area contributed by atoms with Gasteiger partial charge in [0.05, 0.1) is 28.0 Å². The number of rotatable bonds is 10. The molecule has 2 aromatic carbocycles. The van der Waals surface area contributed by atoms with Crippen LogP contribution in [0.2, 0.25) is 0 Å². The SMILES string of the molecule is CCOc1ccc2nc(N(CCN(CC)CC)C(=O)CN3C(=O)c4ccccc4C3=O)sc2c1. The summed E-state index contributed by atoms with van der Waals surface area (Å²) in [5, 5.41) is 0.539. The molecular weight excluding hydrogens is 452 g/mol. The molecule has 3 amide bonds. The van der Waals surface area contributed by atoms with Gasteiger partial charge in [-0.1, -0.05) is 37.3 Å². The highest BCUT2D eigenvalue weighted by Gasteiger charge is 2.37. The molecule has 1 aromatic heterocycles. The van der Waals surface area contributed by atoms with Crippen LogP contribution in [0.5, 0.6) is 5.75 Å². The van der Waals surface area contributed by atoms with Crippen molar-refractivity contribution in [2.75, 3.05) is 44.2 Å². The Morgan fingerprint density at radius 3 is 2.29 bits per heavy atom. The Morgan fingerprint density at radius 1 is 1.00 bits per heavy atom. The van der Waals surface area contributed by atoms with Crippen molar-refractivity contribution in [1.29, 1.82) is 0 Å². The van der Waals surface area contributed by atoms with Gasteiger partial charge in [-0.3, -0.25) is 24.2 Å². The van der Waals surface area contributed by atoms with E-state index in [9.17, 15) is 14.4 Å². The Bertz CT molecular complexity index is 1190. The van der Waals surface area contributed by atoms with Crippen LogP contribution in [-0.4, -0.2) is 71.8 Å². The maximum atomic E-state index is 13.5. The fraction of sp³-hybridized carbons (Fsp3) is 0.360. The number of amides is 3. The fourth-order valence-corrected chi connectivity index (χ4v) is 5.01. The molecule has 0 fully saturated rings. The van der Waals surface area contributed by atoms with E-state index in [1.165, 1.54) is 11.3 Å². The van der Waals surface area contributed by atoms with Gasteiger partial charge in [-0.05, 0) is 50.3 Å². The van der Waals surface area contributed by atoms with Gasteiger partial charge in [0.1, 0.15) is 12.3 Å². The first-order valence-electron chi connectivity index (χ1n) is 11.5. The summed E-state index contributed by atoms with van der Waals surface area (Å²) in [4.78, 5) is 48.6. The lowest BCUT2D eigenvalue weighted by Crippen LogP contribution is -2.45. The lowest BCUT2D eigenvalue weighted by atomic mass is 10.1. The van der Waals surface area contributed by atoms with E-state index in [0.29, 0.717) is 36.0 Å². The number of hydrogen-bond acceptors (Lipinski definition) is 7. The third kappa shape index (κ3) is 4.67. The number of carbonyl (C=O) groups excluding carboxylic acids is 3. The molecule has 0 bridgehead atoms. The molecule has 9 heteroatoms. The molecule has 0 saturated carbocycles. The van der Waals surface area contributed by atoms with Gasteiger partial charge in [0.15, 0.2) is 5.13 Å². The molecule has 34 heavy (non-hydrogen) atoms. The highest BCUT2D eigenvalue weighted by Crippen LogP contribution is 2.32. The highest BCUT2D eigenvalue weighted by molar-refractivity contribution is 7.22. The average molecular weight is 481 g/mol. The monoisotopic (exact) mass is 480 g/mol. The second-order valence-electron chi connectivity index (χ2n) is 7.87. The standard InChI is InChI=1S/C25H28N4O4S/c1-4-27(5-2)13-14-28(25-26-20-12-11-17(33-6-3)15-21(20)34-25)22(30)16-29-23(31)18-9-7-8-10-19(18)24(29)32/h7-12,15H,4-6,13-14,16H2,1-3H3. The van der Waals surface area contributed by atoms with E-state index >= 15 is 0 Å². The van der Waals surface area contributed by atoms with Crippen molar-refractivity contribution >= 4 is 44.4 Å². The van der Waals surface area contributed by atoms with Crippen LogP contribution in [-0.2, 0) is 4.79 Å². The number of benzene rings is 2. The first-order valence-corrected chi connectivity index (χ1v) is 12.3. The summed E-state index contributed by atoms with van der Waals surface area (Å²) in [6, 6.07) is 12.3. The molecule has 4 rings (SSSR count). The minimum Gasteiger partial charge on any atom is -0.494 e. The lowest BCUT2D eigenvalue weighted by Gasteiger charge is -2.26. The molecule has 0 saturated heterocycles. The number of aromatic nitrogens is 1. The topological polar surface area (TPSA) is 83.1 Å². The van der Waals surface area contributed by atoms with Gasteiger partial charge in [0, 0.05) is 13.1 Å². The van der Waals surface area contributed by atoms with Gasteiger partial charge >= 0.3 is 0 Å².